The van der Waals surface area contributed by atoms with Gasteiger partial charge in [-0.05, 0) is 28.8 Å². The van der Waals surface area contributed by atoms with Crippen molar-refractivity contribution in [3.63, 3.8) is 0 Å². The zero-order valence-corrected chi connectivity index (χ0v) is 25.3. The third kappa shape index (κ3) is 5.44. The predicted molar refractivity (Wildman–Crippen MR) is 171 cm³/mol. The largest absolute Gasteiger partial charge is 0.424 e. The van der Waals surface area contributed by atoms with Crippen molar-refractivity contribution in [1.29, 1.82) is 0 Å². The van der Waals surface area contributed by atoms with Gasteiger partial charge in [-0.15, -0.1) is 0 Å². The fraction of sp³-hybridized carbons (Fsp3) is 0.167. The van der Waals surface area contributed by atoms with E-state index >= 15 is 0 Å². The van der Waals surface area contributed by atoms with Crippen LogP contribution in [0.1, 0.15) is 39.7 Å². The van der Waals surface area contributed by atoms with Crippen LogP contribution in [0, 0.1) is 0 Å². The lowest BCUT2D eigenvalue weighted by Gasteiger charge is -2.36. The molecule has 1 N–H and O–H groups in total. The van der Waals surface area contributed by atoms with Gasteiger partial charge in [0.2, 0.25) is 6.23 Å². The maximum absolute atomic E-state index is 13.3. The number of hydrogen-bond acceptors (Lipinski definition) is 8. The number of benzene rings is 4. The quantitative estimate of drug-likeness (QED) is 0.0854. The molecule has 3 heterocycles. The van der Waals surface area contributed by atoms with Gasteiger partial charge >= 0.3 is 5.97 Å². The van der Waals surface area contributed by atoms with E-state index in [1.54, 1.807) is 30.3 Å². The number of hydrogen-bond donors (Lipinski definition) is 1. The number of aliphatic hydroxyl groups is 1. The first-order valence-electron chi connectivity index (χ1n) is 14.8. The molecule has 46 heavy (non-hydrogen) atoms. The molecular weight excluding hydrogens is 604 g/mol. The number of fused-ring (bicyclic) bond motifs is 1. The lowest BCUT2D eigenvalue weighted by atomic mass is 9.80. The molecule has 0 bridgehead atoms. The fourth-order valence-electron chi connectivity index (χ4n) is 6.01. The Morgan fingerprint density at radius 1 is 0.848 bits per heavy atom. The van der Waals surface area contributed by atoms with Crippen molar-refractivity contribution in [2.24, 2.45) is 0 Å². The Balaban J connectivity index is 1.27. The van der Waals surface area contributed by atoms with Crippen molar-refractivity contribution in [1.82, 2.24) is 19.5 Å². The molecule has 1 fully saturated rings. The lowest BCUT2D eigenvalue weighted by Crippen LogP contribution is -2.40. The van der Waals surface area contributed by atoms with Crippen molar-refractivity contribution in [3.8, 4) is 0 Å². The Morgan fingerprint density at radius 3 is 1.96 bits per heavy atom. The number of ether oxygens (including phenoxy) is 3. The van der Waals surface area contributed by atoms with Crippen LogP contribution in [0.2, 0.25) is 5.15 Å². The van der Waals surface area contributed by atoms with Crippen molar-refractivity contribution < 1.29 is 24.1 Å². The summed E-state index contributed by atoms with van der Waals surface area (Å²) in [6.07, 6.45) is 0.695. The Hall–Kier alpha value is -4.93. The SMILES string of the molecule is O=C(OC1(O)CC(COC(c2ccccc2)(c2ccccc2)c2ccccc2)OC1n1cnc2c(Cl)ncnc21)c1ccccc1. The molecule has 230 valence electrons. The van der Waals surface area contributed by atoms with Gasteiger partial charge in [0.15, 0.2) is 10.8 Å². The normalized spacial score (nSPS) is 19.7. The summed E-state index contributed by atoms with van der Waals surface area (Å²) in [6.45, 7) is 0.0305. The summed E-state index contributed by atoms with van der Waals surface area (Å²) in [5.74, 6) is -2.82. The first-order chi connectivity index (χ1) is 22.5. The van der Waals surface area contributed by atoms with Crippen molar-refractivity contribution >= 4 is 28.7 Å². The number of rotatable bonds is 9. The van der Waals surface area contributed by atoms with E-state index in [9.17, 15) is 9.90 Å². The molecule has 0 radical (unpaired) electrons. The van der Waals surface area contributed by atoms with Crippen LogP contribution in [0.5, 0.6) is 0 Å². The van der Waals surface area contributed by atoms with E-state index in [0.29, 0.717) is 11.2 Å². The minimum absolute atomic E-state index is 0.0305. The fourth-order valence-corrected chi connectivity index (χ4v) is 6.19. The van der Waals surface area contributed by atoms with Crippen LogP contribution in [0.3, 0.4) is 0 Å². The second-order valence-electron chi connectivity index (χ2n) is 11.0. The zero-order chi connectivity index (χ0) is 31.6. The molecule has 4 aromatic carbocycles. The van der Waals surface area contributed by atoms with Crippen molar-refractivity contribution in [3.05, 3.63) is 161 Å². The molecule has 1 saturated heterocycles. The number of aromatic nitrogens is 4. The Kier molecular flexibility index (Phi) is 8.06. The van der Waals surface area contributed by atoms with E-state index in [4.69, 9.17) is 25.8 Å². The molecule has 0 aliphatic carbocycles. The molecule has 3 unspecified atom stereocenters. The maximum Gasteiger partial charge on any atom is 0.340 e. The molecule has 3 atom stereocenters. The van der Waals surface area contributed by atoms with E-state index in [1.165, 1.54) is 17.2 Å². The van der Waals surface area contributed by atoms with Crippen LogP contribution < -0.4 is 0 Å². The van der Waals surface area contributed by atoms with Gasteiger partial charge in [0.1, 0.15) is 17.4 Å². The predicted octanol–water partition coefficient (Wildman–Crippen LogP) is 6.32. The van der Waals surface area contributed by atoms with Crippen molar-refractivity contribution in [2.45, 2.75) is 30.1 Å². The number of esters is 1. The molecule has 0 amide bonds. The van der Waals surface area contributed by atoms with Gasteiger partial charge in [-0.2, -0.15) is 0 Å². The van der Waals surface area contributed by atoms with E-state index in [1.807, 2.05) is 91.0 Å². The second kappa shape index (κ2) is 12.5. The van der Waals surface area contributed by atoms with E-state index < -0.39 is 29.7 Å². The third-order valence-corrected chi connectivity index (χ3v) is 8.38. The van der Waals surface area contributed by atoms with Crippen LogP contribution in [0.15, 0.2) is 134 Å². The summed E-state index contributed by atoms with van der Waals surface area (Å²) < 4.78 is 20.8. The van der Waals surface area contributed by atoms with Gasteiger partial charge in [0, 0.05) is 6.42 Å². The first kappa shape index (κ1) is 29.8. The molecule has 2 aromatic heterocycles. The Bertz CT molecular complexity index is 1850. The minimum Gasteiger partial charge on any atom is -0.424 e. The summed E-state index contributed by atoms with van der Waals surface area (Å²) in [5, 5.41) is 12.2. The van der Waals surface area contributed by atoms with E-state index in [2.05, 4.69) is 15.0 Å². The highest BCUT2D eigenvalue weighted by atomic mass is 35.5. The summed E-state index contributed by atoms with van der Waals surface area (Å²) in [7, 11) is 0. The lowest BCUT2D eigenvalue weighted by molar-refractivity contribution is -0.218. The van der Waals surface area contributed by atoms with Gasteiger partial charge in [-0.25, -0.2) is 19.7 Å². The number of halogens is 1. The molecule has 0 saturated carbocycles. The third-order valence-electron chi connectivity index (χ3n) is 8.10. The van der Waals surface area contributed by atoms with E-state index in [-0.39, 0.29) is 23.7 Å². The number of carbonyl (C=O) groups excluding carboxylic acids is 1. The van der Waals surface area contributed by atoms with Crippen LogP contribution in [-0.4, -0.2) is 49.1 Å². The topological polar surface area (TPSA) is 109 Å². The molecule has 9 nitrogen and oxygen atoms in total. The summed E-state index contributed by atoms with van der Waals surface area (Å²) in [4.78, 5) is 25.9. The minimum atomic E-state index is -2.11. The molecule has 0 spiro atoms. The monoisotopic (exact) mass is 632 g/mol. The van der Waals surface area contributed by atoms with Gasteiger partial charge in [0.25, 0.3) is 5.79 Å². The highest BCUT2D eigenvalue weighted by molar-refractivity contribution is 6.33. The first-order valence-corrected chi connectivity index (χ1v) is 15.2. The number of imidazole rings is 1. The Morgan fingerprint density at radius 2 is 1.39 bits per heavy atom. The van der Waals surface area contributed by atoms with Crippen LogP contribution in [0.4, 0.5) is 0 Å². The Labute approximate surface area is 270 Å². The van der Waals surface area contributed by atoms with Crippen LogP contribution in [0.25, 0.3) is 11.2 Å². The smallest absolute Gasteiger partial charge is 0.340 e. The molecule has 1 aliphatic rings. The van der Waals surface area contributed by atoms with Crippen molar-refractivity contribution in [2.75, 3.05) is 6.61 Å². The summed E-state index contributed by atoms with van der Waals surface area (Å²) >= 11 is 6.28. The molecule has 1 aliphatic heterocycles. The van der Waals surface area contributed by atoms with Gasteiger partial charge in [-0.1, -0.05) is 121 Å². The zero-order valence-electron chi connectivity index (χ0n) is 24.5. The molecular formula is C36H29ClN4O5. The average molecular weight is 633 g/mol. The summed E-state index contributed by atoms with van der Waals surface area (Å²) in [5.41, 5.74) is 2.64. The number of nitrogens with zero attached hydrogens (tertiary/aromatic N) is 4. The van der Waals surface area contributed by atoms with Gasteiger partial charge in [-0.3, -0.25) is 4.57 Å². The summed E-state index contributed by atoms with van der Waals surface area (Å²) in [6, 6.07) is 38.3. The second-order valence-corrected chi connectivity index (χ2v) is 11.4. The molecule has 6 aromatic rings. The standard InChI is InChI=1S/C36H29ClN4O5/c37-31-30-32(39-23-38-31)41(24-40-30)34-35(43,46-33(42)25-13-5-1-6-14-25)21-29(45-34)22-44-36(26-15-7-2-8-16-26,27-17-9-3-10-18-27)28-19-11-4-12-20-28/h1-20,23-24,29,34,43H,21-22H2. The van der Waals surface area contributed by atoms with Gasteiger partial charge < -0.3 is 19.3 Å². The van der Waals surface area contributed by atoms with E-state index in [0.717, 1.165) is 16.7 Å². The number of carbonyl (C=O) groups is 1. The van der Waals surface area contributed by atoms with Gasteiger partial charge in [0.05, 0.1) is 24.6 Å². The molecule has 7 rings (SSSR count). The van der Waals surface area contributed by atoms with Crippen LogP contribution >= 0.6 is 11.6 Å². The molecule has 10 heteroatoms. The average Bonchev–Trinajstić information content (AvgIpc) is 3.68. The highest BCUT2D eigenvalue weighted by Gasteiger charge is 2.53. The van der Waals surface area contributed by atoms with Crippen LogP contribution in [-0.2, 0) is 19.8 Å². The maximum atomic E-state index is 13.3. The highest BCUT2D eigenvalue weighted by Crippen LogP contribution is 2.44.